The minimum atomic E-state index is -1.82. The number of carboxylic acids is 5. The van der Waals surface area contributed by atoms with Gasteiger partial charge in [0.1, 0.15) is 0 Å². The van der Waals surface area contributed by atoms with E-state index in [1.807, 2.05) is 0 Å². The second kappa shape index (κ2) is 13.5. The van der Waals surface area contributed by atoms with E-state index in [4.69, 9.17) is 35.1 Å². The molecule has 0 fully saturated rings. The van der Waals surface area contributed by atoms with E-state index < -0.39 is 49.5 Å². The highest BCUT2D eigenvalue weighted by atomic mass is 16.4. The van der Waals surface area contributed by atoms with Crippen molar-refractivity contribution in [1.29, 1.82) is 0 Å². The fourth-order valence-electron chi connectivity index (χ4n) is 0.742. The molecule has 21 heavy (non-hydrogen) atoms. The average molecular weight is 309 g/mol. The number of carboxylic acid groups (broad SMARTS) is 5. The van der Waals surface area contributed by atoms with Crippen LogP contribution >= 0.6 is 0 Å². The summed E-state index contributed by atoms with van der Waals surface area (Å²) in [6.07, 6.45) is 0. The van der Waals surface area contributed by atoms with Gasteiger partial charge in [-0.25, -0.2) is 9.59 Å². The molecule has 11 heteroatoms. The van der Waals surface area contributed by atoms with Gasteiger partial charge in [0.2, 0.25) is 0 Å². The molecule has 0 heterocycles. The summed E-state index contributed by atoms with van der Waals surface area (Å²) in [7, 11) is 0. The maximum absolute atomic E-state index is 10.1. The number of nitrogens with zero attached hydrogens (tertiary/aromatic N) is 1. The third-order valence-corrected chi connectivity index (χ3v) is 1.26. The number of hydrogen-bond donors (Lipinski definition) is 5. The van der Waals surface area contributed by atoms with Crippen LogP contribution in [0.5, 0.6) is 0 Å². The average Bonchev–Trinajstić information content (AvgIpc) is 2.29. The summed E-state index contributed by atoms with van der Waals surface area (Å²) in [5.41, 5.74) is 0. The van der Waals surface area contributed by atoms with Crippen LogP contribution in [-0.2, 0) is 24.0 Å². The van der Waals surface area contributed by atoms with Crippen molar-refractivity contribution in [3.8, 4) is 0 Å². The molecule has 0 aromatic carbocycles. The Hall–Kier alpha value is -2.95. The molecule has 120 valence electrons. The Balaban J connectivity index is -0.000000339. The van der Waals surface area contributed by atoms with Crippen molar-refractivity contribution in [2.24, 2.45) is 0 Å². The molecule has 0 spiro atoms. The minimum Gasteiger partial charge on any atom is -0.480 e. The molecule has 5 N–H and O–H groups in total. The molecule has 0 saturated carbocycles. The van der Waals surface area contributed by atoms with Crippen molar-refractivity contribution < 1.29 is 49.5 Å². The van der Waals surface area contributed by atoms with Gasteiger partial charge in [0.25, 0.3) is 0 Å². The van der Waals surface area contributed by atoms with Gasteiger partial charge in [0.05, 0.1) is 19.6 Å². The first kappa shape index (κ1) is 23.2. The SMILES string of the molecule is C=C.O=C(O)C(=O)O.O=C(O)CN(CC(=O)O)CC(=O)O. The Bertz CT molecular complexity index is 341. The van der Waals surface area contributed by atoms with Gasteiger partial charge >= 0.3 is 29.8 Å². The molecule has 0 aliphatic rings. The van der Waals surface area contributed by atoms with Crippen LogP contribution in [0.1, 0.15) is 0 Å². The van der Waals surface area contributed by atoms with Gasteiger partial charge in [0.15, 0.2) is 0 Å². The third-order valence-electron chi connectivity index (χ3n) is 1.26. The van der Waals surface area contributed by atoms with Crippen molar-refractivity contribution in [2.45, 2.75) is 0 Å². The van der Waals surface area contributed by atoms with Crippen LogP contribution < -0.4 is 0 Å². The fraction of sp³-hybridized carbons (Fsp3) is 0.300. The Morgan fingerprint density at radius 2 is 0.810 bits per heavy atom. The summed E-state index contributed by atoms with van der Waals surface area (Å²) >= 11 is 0. The van der Waals surface area contributed by atoms with E-state index in [9.17, 15) is 14.4 Å². The van der Waals surface area contributed by atoms with Crippen molar-refractivity contribution in [1.82, 2.24) is 4.90 Å². The molecule has 0 aliphatic heterocycles. The summed E-state index contributed by atoms with van der Waals surface area (Å²) in [5.74, 6) is -7.43. The predicted octanol–water partition coefficient (Wildman–Crippen LogP) is -1.50. The highest BCUT2D eigenvalue weighted by molar-refractivity contribution is 6.27. The van der Waals surface area contributed by atoms with Crippen molar-refractivity contribution in [2.75, 3.05) is 19.6 Å². The second-order valence-corrected chi connectivity index (χ2v) is 2.94. The Morgan fingerprint density at radius 1 is 0.619 bits per heavy atom. The first-order valence-corrected chi connectivity index (χ1v) is 4.90. The molecule has 0 saturated heterocycles. The molecule has 0 unspecified atom stereocenters. The van der Waals surface area contributed by atoms with E-state index >= 15 is 0 Å². The molecule has 0 bridgehead atoms. The zero-order valence-corrected chi connectivity index (χ0v) is 10.8. The molecule has 0 radical (unpaired) electrons. The van der Waals surface area contributed by atoms with Crippen LogP contribution in [0.2, 0.25) is 0 Å². The molecular formula is C10H15NO10. The quantitative estimate of drug-likeness (QED) is 0.283. The molecule has 0 aromatic rings. The lowest BCUT2D eigenvalue weighted by molar-refractivity contribution is -0.159. The van der Waals surface area contributed by atoms with Gasteiger partial charge in [-0.2, -0.15) is 0 Å². The van der Waals surface area contributed by atoms with Crippen LogP contribution in [0, 0.1) is 0 Å². The van der Waals surface area contributed by atoms with Gasteiger partial charge in [0, 0.05) is 0 Å². The van der Waals surface area contributed by atoms with Crippen molar-refractivity contribution in [3.05, 3.63) is 13.2 Å². The topological polar surface area (TPSA) is 190 Å². The van der Waals surface area contributed by atoms with Crippen LogP contribution in [0.3, 0.4) is 0 Å². The molecule has 0 atom stereocenters. The predicted molar refractivity (Wildman–Crippen MR) is 65.9 cm³/mol. The van der Waals surface area contributed by atoms with Crippen LogP contribution in [0.15, 0.2) is 13.2 Å². The largest absolute Gasteiger partial charge is 0.480 e. The normalized spacial score (nSPS) is 8.43. The summed E-state index contributed by atoms with van der Waals surface area (Å²) in [5, 5.41) is 39.6. The van der Waals surface area contributed by atoms with Crippen LogP contribution in [-0.4, -0.2) is 79.9 Å². The lowest BCUT2D eigenvalue weighted by Gasteiger charge is -2.14. The Labute approximate surface area is 118 Å². The monoisotopic (exact) mass is 309 g/mol. The maximum Gasteiger partial charge on any atom is 0.414 e. The standard InChI is InChI=1S/C6H9NO6.C2H2O4.C2H4/c8-4(9)1-7(2-5(10)11)3-6(12)13;3-1(4)2(5)6;1-2/h1-3H2,(H,8,9)(H,10,11)(H,12,13);(H,3,4)(H,5,6);1-2H2. The first-order valence-electron chi connectivity index (χ1n) is 4.90. The molecule has 0 amide bonds. The van der Waals surface area contributed by atoms with Gasteiger partial charge in [-0.15, -0.1) is 13.2 Å². The van der Waals surface area contributed by atoms with E-state index in [2.05, 4.69) is 13.2 Å². The van der Waals surface area contributed by atoms with Crippen LogP contribution in [0.4, 0.5) is 0 Å². The van der Waals surface area contributed by atoms with Gasteiger partial charge in [-0.05, 0) is 0 Å². The molecule has 11 nitrogen and oxygen atoms in total. The van der Waals surface area contributed by atoms with Gasteiger partial charge < -0.3 is 25.5 Å². The minimum absolute atomic E-state index is 0.599. The summed E-state index contributed by atoms with van der Waals surface area (Å²) < 4.78 is 0. The van der Waals surface area contributed by atoms with E-state index in [-0.39, 0.29) is 0 Å². The zero-order chi connectivity index (χ0) is 17.6. The van der Waals surface area contributed by atoms with Crippen molar-refractivity contribution in [3.63, 3.8) is 0 Å². The smallest absolute Gasteiger partial charge is 0.414 e. The number of aliphatic carboxylic acids is 5. The maximum atomic E-state index is 10.1. The van der Waals surface area contributed by atoms with E-state index in [0.717, 1.165) is 4.90 Å². The molecule has 0 aromatic heterocycles. The highest BCUT2D eigenvalue weighted by Gasteiger charge is 2.15. The fourth-order valence-corrected chi connectivity index (χ4v) is 0.742. The second-order valence-electron chi connectivity index (χ2n) is 2.94. The lowest BCUT2D eigenvalue weighted by atomic mass is 10.4. The van der Waals surface area contributed by atoms with E-state index in [0.29, 0.717) is 0 Å². The zero-order valence-electron chi connectivity index (χ0n) is 10.8. The summed E-state index contributed by atoms with van der Waals surface area (Å²) in [4.78, 5) is 49.4. The van der Waals surface area contributed by atoms with Gasteiger partial charge in [-0.1, -0.05) is 0 Å². The highest BCUT2D eigenvalue weighted by Crippen LogP contribution is 1.87. The number of carbonyl (C=O) groups is 5. The Morgan fingerprint density at radius 3 is 0.905 bits per heavy atom. The van der Waals surface area contributed by atoms with Crippen molar-refractivity contribution >= 4 is 29.8 Å². The molecule has 0 aliphatic carbocycles. The third kappa shape index (κ3) is 22.7. The Kier molecular flexibility index (Phi) is 14.9. The summed E-state index contributed by atoms with van der Waals surface area (Å²) in [6.45, 7) is 4.20. The first-order chi connectivity index (χ1) is 9.56. The lowest BCUT2D eigenvalue weighted by Crippen LogP contribution is -2.38. The summed E-state index contributed by atoms with van der Waals surface area (Å²) in [6, 6.07) is 0. The molecular weight excluding hydrogens is 294 g/mol. The number of rotatable bonds is 6. The van der Waals surface area contributed by atoms with E-state index in [1.54, 1.807) is 0 Å². The van der Waals surface area contributed by atoms with Crippen LogP contribution in [0.25, 0.3) is 0 Å². The van der Waals surface area contributed by atoms with E-state index in [1.165, 1.54) is 0 Å². The number of hydrogen-bond acceptors (Lipinski definition) is 6. The van der Waals surface area contributed by atoms with Gasteiger partial charge in [-0.3, -0.25) is 19.3 Å². The molecule has 0 rings (SSSR count).